The van der Waals surface area contributed by atoms with Gasteiger partial charge in [-0.15, -0.1) is 0 Å². The Balaban J connectivity index is 1.60. The van der Waals surface area contributed by atoms with Crippen LogP contribution in [0.4, 0.5) is 0 Å². The van der Waals surface area contributed by atoms with Gasteiger partial charge in [-0.1, -0.05) is 29.8 Å². The van der Waals surface area contributed by atoms with Gasteiger partial charge in [0.15, 0.2) is 17.3 Å². The molecule has 0 aliphatic carbocycles. The zero-order chi connectivity index (χ0) is 18.1. The summed E-state index contributed by atoms with van der Waals surface area (Å²) in [7, 11) is 0. The van der Waals surface area contributed by atoms with E-state index in [1.165, 1.54) is 0 Å². The zero-order valence-electron chi connectivity index (χ0n) is 14.5. The van der Waals surface area contributed by atoms with E-state index in [1.54, 1.807) is 0 Å². The highest BCUT2D eigenvalue weighted by atomic mass is 35.5. The van der Waals surface area contributed by atoms with Gasteiger partial charge in [-0.2, -0.15) is 4.98 Å². The predicted octanol–water partition coefficient (Wildman–Crippen LogP) is 4.72. The summed E-state index contributed by atoms with van der Waals surface area (Å²) in [5.74, 6) is 2.65. The van der Waals surface area contributed by atoms with E-state index in [0.717, 1.165) is 33.9 Å². The Labute approximate surface area is 156 Å². The van der Waals surface area contributed by atoms with Gasteiger partial charge in [0, 0.05) is 21.8 Å². The second-order valence-corrected chi connectivity index (χ2v) is 6.49. The van der Waals surface area contributed by atoms with Crippen LogP contribution in [0.1, 0.15) is 16.8 Å². The number of halogens is 1. The summed E-state index contributed by atoms with van der Waals surface area (Å²) in [6, 6.07) is 13.2. The summed E-state index contributed by atoms with van der Waals surface area (Å²) in [5.41, 5.74) is 3.62. The molecule has 0 saturated carbocycles. The average Bonchev–Trinajstić information content (AvgIpc) is 3.10. The van der Waals surface area contributed by atoms with Crippen molar-refractivity contribution in [2.24, 2.45) is 0 Å². The minimum atomic E-state index is 0.257. The molecule has 0 N–H and O–H groups in total. The summed E-state index contributed by atoms with van der Waals surface area (Å²) in [6.45, 7) is 4.53. The first-order chi connectivity index (χ1) is 12.6. The normalized spacial score (nSPS) is 12.3. The topological polar surface area (TPSA) is 53.5 Å². The predicted molar refractivity (Wildman–Crippen MR) is 98.8 cm³/mol. The first-order valence-corrected chi connectivity index (χ1v) is 8.60. The molecular formula is C20H17ClN2O3. The molecule has 2 heterocycles. The van der Waals surface area contributed by atoms with Crippen LogP contribution in [0.25, 0.3) is 11.4 Å². The summed E-state index contributed by atoms with van der Waals surface area (Å²) in [5, 5.41) is 0.646. The Morgan fingerprint density at radius 1 is 1.04 bits per heavy atom. The van der Waals surface area contributed by atoms with Crippen molar-refractivity contribution < 1.29 is 14.2 Å². The number of nitrogens with zero attached hydrogens (tertiary/aromatic N) is 2. The fourth-order valence-corrected chi connectivity index (χ4v) is 2.87. The van der Waals surface area contributed by atoms with Crippen LogP contribution in [0.3, 0.4) is 0 Å². The molecule has 26 heavy (non-hydrogen) atoms. The molecule has 0 bridgehead atoms. The molecule has 2 aromatic carbocycles. The van der Waals surface area contributed by atoms with Gasteiger partial charge in [-0.3, -0.25) is 0 Å². The first kappa shape index (κ1) is 16.7. The summed E-state index contributed by atoms with van der Waals surface area (Å²) in [4.78, 5) is 9.14. The Kier molecular flexibility index (Phi) is 4.39. The minimum Gasteiger partial charge on any atom is -0.473 e. The molecule has 6 heteroatoms. The number of aromatic nitrogens is 2. The molecule has 1 aromatic heterocycles. The van der Waals surface area contributed by atoms with Crippen LogP contribution in [0.2, 0.25) is 5.02 Å². The van der Waals surface area contributed by atoms with E-state index in [2.05, 4.69) is 9.97 Å². The van der Waals surface area contributed by atoms with E-state index >= 15 is 0 Å². The zero-order valence-corrected chi connectivity index (χ0v) is 15.2. The highest BCUT2D eigenvalue weighted by Gasteiger charge is 2.15. The monoisotopic (exact) mass is 368 g/mol. The third-order valence-corrected chi connectivity index (χ3v) is 4.48. The van der Waals surface area contributed by atoms with Gasteiger partial charge in [-0.05, 0) is 43.7 Å². The summed E-state index contributed by atoms with van der Waals surface area (Å²) >= 11 is 6.08. The summed E-state index contributed by atoms with van der Waals surface area (Å²) < 4.78 is 16.7. The Morgan fingerprint density at radius 3 is 2.73 bits per heavy atom. The number of benzene rings is 2. The van der Waals surface area contributed by atoms with Gasteiger partial charge in [0.1, 0.15) is 6.61 Å². The highest BCUT2D eigenvalue weighted by molar-refractivity contribution is 6.30. The van der Waals surface area contributed by atoms with E-state index in [4.69, 9.17) is 25.8 Å². The highest BCUT2D eigenvalue weighted by Crippen LogP contribution is 2.33. The molecule has 0 fully saturated rings. The van der Waals surface area contributed by atoms with Gasteiger partial charge in [0.05, 0.1) is 0 Å². The maximum atomic E-state index is 6.08. The van der Waals surface area contributed by atoms with Crippen molar-refractivity contribution in [3.63, 3.8) is 0 Å². The molecular weight excluding hydrogens is 352 g/mol. The van der Waals surface area contributed by atoms with E-state index < -0.39 is 0 Å². The molecule has 5 nitrogen and oxygen atoms in total. The van der Waals surface area contributed by atoms with Gasteiger partial charge < -0.3 is 14.2 Å². The standard InChI is InChI=1S/C20H17ClN2O3/c1-12-13(2)22-19(15-4-3-5-16(21)9-15)23-20(12)24-10-14-6-7-17-18(8-14)26-11-25-17/h3-9H,10-11H2,1-2H3. The fourth-order valence-electron chi connectivity index (χ4n) is 2.68. The number of hydrogen-bond acceptors (Lipinski definition) is 5. The largest absolute Gasteiger partial charge is 0.473 e. The minimum absolute atomic E-state index is 0.257. The molecule has 0 radical (unpaired) electrons. The number of fused-ring (bicyclic) bond motifs is 1. The SMILES string of the molecule is Cc1nc(-c2cccc(Cl)c2)nc(OCc2ccc3c(c2)OCO3)c1C. The molecule has 0 atom stereocenters. The lowest BCUT2D eigenvalue weighted by atomic mass is 10.2. The number of rotatable bonds is 4. The average molecular weight is 369 g/mol. The third kappa shape index (κ3) is 3.30. The fraction of sp³-hybridized carbons (Fsp3) is 0.200. The van der Waals surface area contributed by atoms with Gasteiger partial charge in [0.25, 0.3) is 0 Å². The van der Waals surface area contributed by atoms with Gasteiger partial charge in [-0.25, -0.2) is 4.98 Å². The van der Waals surface area contributed by atoms with E-state index in [-0.39, 0.29) is 6.79 Å². The van der Waals surface area contributed by atoms with E-state index in [1.807, 2.05) is 56.3 Å². The lowest BCUT2D eigenvalue weighted by Crippen LogP contribution is -2.04. The molecule has 0 unspecified atom stereocenters. The molecule has 132 valence electrons. The van der Waals surface area contributed by atoms with Crippen molar-refractivity contribution in [3.8, 4) is 28.8 Å². The van der Waals surface area contributed by atoms with Crippen molar-refractivity contribution in [2.45, 2.75) is 20.5 Å². The smallest absolute Gasteiger partial charge is 0.231 e. The Morgan fingerprint density at radius 2 is 1.88 bits per heavy atom. The summed E-state index contributed by atoms with van der Waals surface area (Å²) in [6.07, 6.45) is 0. The Bertz CT molecular complexity index is 975. The second kappa shape index (κ2) is 6.84. The van der Waals surface area contributed by atoms with Crippen LogP contribution < -0.4 is 14.2 Å². The molecule has 0 amide bonds. The van der Waals surface area contributed by atoms with Crippen molar-refractivity contribution in [1.82, 2.24) is 9.97 Å². The van der Waals surface area contributed by atoms with Crippen LogP contribution in [0.15, 0.2) is 42.5 Å². The van der Waals surface area contributed by atoms with Gasteiger partial charge >= 0.3 is 0 Å². The van der Waals surface area contributed by atoms with Crippen LogP contribution in [-0.4, -0.2) is 16.8 Å². The molecule has 3 aromatic rings. The van der Waals surface area contributed by atoms with Gasteiger partial charge in [0.2, 0.25) is 12.7 Å². The molecule has 1 aliphatic heterocycles. The lowest BCUT2D eigenvalue weighted by molar-refractivity contribution is 0.174. The number of hydrogen-bond donors (Lipinski definition) is 0. The molecule has 0 spiro atoms. The van der Waals surface area contributed by atoms with Crippen LogP contribution in [0.5, 0.6) is 17.4 Å². The molecule has 0 saturated heterocycles. The number of ether oxygens (including phenoxy) is 3. The number of aryl methyl sites for hydroxylation is 1. The Hall–Kier alpha value is -2.79. The third-order valence-electron chi connectivity index (χ3n) is 4.24. The second-order valence-electron chi connectivity index (χ2n) is 6.05. The van der Waals surface area contributed by atoms with E-state index in [0.29, 0.717) is 23.3 Å². The molecule has 1 aliphatic rings. The molecule has 4 rings (SSSR count). The van der Waals surface area contributed by atoms with Crippen molar-refractivity contribution in [1.29, 1.82) is 0 Å². The van der Waals surface area contributed by atoms with Crippen molar-refractivity contribution >= 4 is 11.6 Å². The van der Waals surface area contributed by atoms with Crippen LogP contribution >= 0.6 is 11.6 Å². The maximum absolute atomic E-state index is 6.08. The van der Waals surface area contributed by atoms with Crippen LogP contribution in [-0.2, 0) is 6.61 Å². The van der Waals surface area contributed by atoms with Crippen molar-refractivity contribution in [3.05, 3.63) is 64.3 Å². The lowest BCUT2D eigenvalue weighted by Gasteiger charge is -2.12. The first-order valence-electron chi connectivity index (χ1n) is 8.22. The van der Waals surface area contributed by atoms with E-state index in [9.17, 15) is 0 Å². The van der Waals surface area contributed by atoms with Crippen LogP contribution in [0, 0.1) is 13.8 Å². The van der Waals surface area contributed by atoms with Crippen molar-refractivity contribution in [2.75, 3.05) is 6.79 Å². The maximum Gasteiger partial charge on any atom is 0.231 e. The quantitative estimate of drug-likeness (QED) is 0.666.